The Morgan fingerprint density at radius 1 is 1.02 bits per heavy atom. The highest BCUT2D eigenvalue weighted by atomic mass is 35.5. The van der Waals surface area contributed by atoms with Gasteiger partial charge in [-0.1, -0.05) is 39.0 Å². The largest absolute Gasteiger partial charge is 0.368 e. The zero-order valence-electron chi connectivity index (χ0n) is 25.7. The van der Waals surface area contributed by atoms with Crippen LogP contribution in [-0.4, -0.2) is 42.3 Å². The van der Waals surface area contributed by atoms with Gasteiger partial charge >= 0.3 is 6.03 Å². The van der Waals surface area contributed by atoms with Gasteiger partial charge in [0.25, 0.3) is 5.56 Å². The second-order valence-corrected chi connectivity index (χ2v) is 12.0. The summed E-state index contributed by atoms with van der Waals surface area (Å²) in [7, 11) is 1.67. The molecule has 0 radical (unpaired) electrons. The van der Waals surface area contributed by atoms with Crippen molar-refractivity contribution in [1.29, 1.82) is 0 Å². The molecule has 0 aliphatic carbocycles. The third-order valence-corrected chi connectivity index (χ3v) is 7.76. The lowest BCUT2D eigenvalue weighted by molar-refractivity contribution is -0.120. The molecule has 3 amide bonds. The van der Waals surface area contributed by atoms with Crippen molar-refractivity contribution in [3.05, 3.63) is 94.3 Å². The maximum Gasteiger partial charge on any atom is 0.324 e. The highest BCUT2D eigenvalue weighted by Crippen LogP contribution is 2.29. The highest BCUT2D eigenvalue weighted by Gasteiger charge is 2.25. The van der Waals surface area contributed by atoms with Gasteiger partial charge in [0, 0.05) is 47.9 Å². The van der Waals surface area contributed by atoms with Crippen LogP contribution in [0, 0.1) is 0 Å². The van der Waals surface area contributed by atoms with E-state index in [1.165, 1.54) is 10.9 Å². The van der Waals surface area contributed by atoms with E-state index >= 15 is 0 Å². The number of benzene rings is 2. The number of nitrogens with zero attached hydrogens (tertiary/aromatic N) is 5. The summed E-state index contributed by atoms with van der Waals surface area (Å²) in [6.45, 7) is 6.69. The Morgan fingerprint density at radius 3 is 2.54 bits per heavy atom. The third-order valence-electron chi connectivity index (χ3n) is 7.76. The second kappa shape index (κ2) is 13.3. The first-order valence-electron chi connectivity index (χ1n) is 14.2. The molecule has 5 aromatic rings. The molecule has 1 atom stereocenters. The molecule has 14 heteroatoms. The zero-order valence-corrected chi connectivity index (χ0v) is 27.3. The number of urea groups is 1. The molecular weight excluding hydrogens is 629 g/mol. The molecule has 1 aliphatic rings. The number of halogens is 2. The number of carbonyl (C=O) groups is 2. The lowest BCUT2D eigenvalue weighted by atomic mass is 9.92. The van der Waals surface area contributed by atoms with Crippen LogP contribution in [0.1, 0.15) is 37.6 Å². The SMILES string of the molecule is Cl.Cl.Cn1c(=O)c(-c2cccc(NC(=O)Nc3cc(C(C)(C)C)nn3-c3ccc4c(c3)CC(C(N)=O)NC4)c2)cc2cncnc21. The number of nitrogens with one attached hydrogen (secondary N) is 3. The van der Waals surface area contributed by atoms with Gasteiger partial charge in [0.15, 0.2) is 0 Å². The van der Waals surface area contributed by atoms with Crippen molar-refractivity contribution in [3.63, 3.8) is 0 Å². The van der Waals surface area contributed by atoms with Crippen LogP contribution < -0.4 is 27.2 Å². The van der Waals surface area contributed by atoms with Gasteiger partial charge in [-0.05, 0) is 53.4 Å². The van der Waals surface area contributed by atoms with Crippen molar-refractivity contribution in [2.45, 2.75) is 45.2 Å². The van der Waals surface area contributed by atoms with Crippen LogP contribution in [0.3, 0.4) is 0 Å². The van der Waals surface area contributed by atoms with E-state index in [1.54, 1.807) is 42.2 Å². The van der Waals surface area contributed by atoms with E-state index in [2.05, 4.69) is 25.9 Å². The number of primary amides is 1. The average molecular weight is 665 g/mol. The average Bonchev–Trinajstić information content (AvgIpc) is 3.42. The summed E-state index contributed by atoms with van der Waals surface area (Å²) in [6.07, 6.45) is 3.54. The predicted octanol–water partition coefficient (Wildman–Crippen LogP) is 4.47. The highest BCUT2D eigenvalue weighted by molar-refractivity contribution is 6.00. The fourth-order valence-corrected chi connectivity index (χ4v) is 5.33. The summed E-state index contributed by atoms with van der Waals surface area (Å²) < 4.78 is 3.18. The number of fused-ring (bicyclic) bond motifs is 2. The van der Waals surface area contributed by atoms with Gasteiger partial charge in [0.1, 0.15) is 17.8 Å². The summed E-state index contributed by atoms with van der Waals surface area (Å²) in [6, 6.07) is 15.7. The smallest absolute Gasteiger partial charge is 0.324 e. The minimum Gasteiger partial charge on any atom is -0.368 e. The standard InChI is InChI=1S/C32H33N9O3.2ClH/c1-32(2,3)26-14-27(41(39-26)23-9-8-19-16-35-25(28(33)42)13-20(19)11-23)38-31(44)37-22-7-5-6-18(10-22)24-12-21-15-34-17-36-29(21)40(4)30(24)43;;/h5-12,14-15,17,25,35H,13,16H2,1-4H3,(H2,33,42)(H2,37,38,44);2*1H. The first-order chi connectivity index (χ1) is 21.0. The molecule has 0 saturated heterocycles. The number of hydrogen-bond donors (Lipinski definition) is 4. The summed E-state index contributed by atoms with van der Waals surface area (Å²) in [5.41, 5.74) is 10.8. The van der Waals surface area contributed by atoms with Gasteiger partial charge in [-0.15, -0.1) is 24.8 Å². The van der Waals surface area contributed by atoms with Crippen molar-refractivity contribution in [3.8, 4) is 16.8 Å². The lowest BCUT2D eigenvalue weighted by Crippen LogP contribution is -2.45. The topological polar surface area (TPSA) is 162 Å². The Balaban J connectivity index is 0.00000240. The first kappa shape index (κ1) is 34.1. The Labute approximate surface area is 277 Å². The van der Waals surface area contributed by atoms with Crippen LogP contribution >= 0.6 is 24.8 Å². The molecule has 3 aromatic heterocycles. The molecule has 5 N–H and O–H groups in total. The van der Waals surface area contributed by atoms with Crippen LogP contribution in [0.4, 0.5) is 16.3 Å². The number of carbonyl (C=O) groups excluding carboxylic acids is 2. The van der Waals surface area contributed by atoms with Crippen molar-refractivity contribution >= 4 is 59.3 Å². The van der Waals surface area contributed by atoms with Crippen molar-refractivity contribution in [1.82, 2.24) is 29.6 Å². The van der Waals surface area contributed by atoms with Gasteiger partial charge < -0.3 is 16.4 Å². The molecule has 1 unspecified atom stereocenters. The number of aryl methyl sites for hydroxylation is 1. The number of pyridine rings is 1. The van der Waals surface area contributed by atoms with Crippen molar-refractivity contribution in [2.24, 2.45) is 12.8 Å². The van der Waals surface area contributed by atoms with Gasteiger partial charge in [-0.3, -0.25) is 19.5 Å². The molecule has 240 valence electrons. The van der Waals surface area contributed by atoms with Crippen molar-refractivity contribution in [2.75, 3.05) is 10.6 Å². The predicted molar refractivity (Wildman–Crippen MR) is 183 cm³/mol. The van der Waals surface area contributed by atoms with E-state index in [9.17, 15) is 14.4 Å². The second-order valence-electron chi connectivity index (χ2n) is 12.0. The van der Waals surface area contributed by atoms with Gasteiger partial charge in [-0.25, -0.2) is 19.4 Å². The van der Waals surface area contributed by atoms with E-state index in [0.29, 0.717) is 41.2 Å². The summed E-state index contributed by atoms with van der Waals surface area (Å²) in [4.78, 5) is 46.5. The normalized spacial score (nSPS) is 14.0. The molecule has 0 fully saturated rings. The number of aromatic nitrogens is 5. The number of nitrogens with two attached hydrogens (primary N) is 1. The molecule has 1 aliphatic heterocycles. The summed E-state index contributed by atoms with van der Waals surface area (Å²) in [5.74, 6) is 0.0839. The van der Waals surface area contributed by atoms with Gasteiger partial charge in [0.2, 0.25) is 5.91 Å². The number of anilines is 2. The molecule has 0 saturated carbocycles. The van der Waals surface area contributed by atoms with Crippen molar-refractivity contribution < 1.29 is 9.59 Å². The summed E-state index contributed by atoms with van der Waals surface area (Å²) >= 11 is 0. The molecule has 4 heterocycles. The first-order valence-corrected chi connectivity index (χ1v) is 14.2. The van der Waals surface area contributed by atoms with E-state index in [1.807, 2.05) is 51.1 Å². The Kier molecular flexibility index (Phi) is 9.85. The van der Waals surface area contributed by atoms with Gasteiger partial charge in [-0.2, -0.15) is 5.10 Å². The fraction of sp³-hybridized carbons (Fsp3) is 0.250. The zero-order chi connectivity index (χ0) is 31.2. The van der Waals surface area contributed by atoms with E-state index < -0.39 is 18.0 Å². The fourth-order valence-electron chi connectivity index (χ4n) is 5.33. The Hall–Kier alpha value is -4.78. The minimum atomic E-state index is -0.473. The van der Waals surface area contributed by atoms with Crippen LogP contribution in [-0.2, 0) is 30.2 Å². The molecule has 46 heavy (non-hydrogen) atoms. The minimum absolute atomic E-state index is 0. The Bertz CT molecular complexity index is 2000. The maximum absolute atomic E-state index is 13.3. The van der Waals surface area contributed by atoms with E-state index in [4.69, 9.17) is 10.8 Å². The summed E-state index contributed by atoms with van der Waals surface area (Å²) in [5, 5.41) is 14.5. The lowest BCUT2D eigenvalue weighted by Gasteiger charge is -2.24. The van der Waals surface area contributed by atoms with Crippen LogP contribution in [0.2, 0.25) is 0 Å². The van der Waals surface area contributed by atoms with E-state index in [-0.39, 0.29) is 35.8 Å². The van der Waals surface area contributed by atoms with E-state index in [0.717, 1.165) is 27.9 Å². The molecule has 2 aromatic carbocycles. The number of amides is 3. The molecule has 6 rings (SSSR count). The third kappa shape index (κ3) is 6.74. The molecule has 0 bridgehead atoms. The molecule has 12 nitrogen and oxygen atoms in total. The number of hydrogen-bond acceptors (Lipinski definition) is 7. The quantitative estimate of drug-likeness (QED) is 0.216. The van der Waals surface area contributed by atoms with Gasteiger partial charge in [0.05, 0.1) is 17.4 Å². The molecular formula is C32H35Cl2N9O3. The maximum atomic E-state index is 13.3. The monoisotopic (exact) mass is 663 g/mol. The van der Waals surface area contributed by atoms with Crippen LogP contribution in [0.25, 0.3) is 27.8 Å². The van der Waals surface area contributed by atoms with Crippen LogP contribution in [0.5, 0.6) is 0 Å². The Morgan fingerprint density at radius 2 is 1.80 bits per heavy atom. The number of rotatable bonds is 5. The van der Waals surface area contributed by atoms with Crippen LogP contribution in [0.15, 0.2) is 71.9 Å². The molecule has 0 spiro atoms.